The van der Waals surface area contributed by atoms with Crippen LogP contribution in [0.3, 0.4) is 0 Å². The van der Waals surface area contributed by atoms with Gasteiger partial charge in [0, 0.05) is 0 Å². The minimum atomic E-state index is -0.732. The molecule has 1 unspecified atom stereocenters. The first kappa shape index (κ1) is 14.1. The van der Waals surface area contributed by atoms with Crippen molar-refractivity contribution >= 4 is 5.97 Å². The van der Waals surface area contributed by atoms with E-state index in [0.717, 1.165) is 18.7 Å². The standard InChI is InChI=1S/C16H23NO2/c1-11(2)15(16(18)19)14-5-3-12(4-6-14)13-7-9-17-10-8-13/h3-6,11,13,15,17H,7-10H2,1-2H3,(H,18,19). The first-order chi connectivity index (χ1) is 9.09. The molecule has 3 nitrogen and oxygen atoms in total. The van der Waals surface area contributed by atoms with E-state index in [1.165, 1.54) is 18.4 Å². The van der Waals surface area contributed by atoms with Crippen LogP contribution in [0.4, 0.5) is 0 Å². The van der Waals surface area contributed by atoms with Crippen LogP contribution in [0.5, 0.6) is 0 Å². The van der Waals surface area contributed by atoms with Gasteiger partial charge in [-0.2, -0.15) is 0 Å². The molecular formula is C16H23NO2. The van der Waals surface area contributed by atoms with Gasteiger partial charge in [-0.15, -0.1) is 0 Å². The number of benzene rings is 1. The number of rotatable bonds is 4. The third kappa shape index (κ3) is 3.35. The lowest BCUT2D eigenvalue weighted by Gasteiger charge is -2.24. The molecule has 1 saturated heterocycles. The molecule has 1 aromatic rings. The van der Waals surface area contributed by atoms with Crippen LogP contribution >= 0.6 is 0 Å². The Kier molecular flexibility index (Phi) is 4.59. The van der Waals surface area contributed by atoms with E-state index in [-0.39, 0.29) is 5.92 Å². The maximum Gasteiger partial charge on any atom is 0.311 e. The average molecular weight is 261 g/mol. The minimum Gasteiger partial charge on any atom is -0.481 e. The Morgan fingerprint density at radius 1 is 1.21 bits per heavy atom. The number of piperidine rings is 1. The predicted molar refractivity (Wildman–Crippen MR) is 76.5 cm³/mol. The lowest BCUT2D eigenvalue weighted by atomic mass is 9.85. The van der Waals surface area contributed by atoms with Crippen LogP contribution in [-0.4, -0.2) is 24.2 Å². The number of hydrogen-bond donors (Lipinski definition) is 2. The lowest BCUT2D eigenvalue weighted by Crippen LogP contribution is -2.26. The molecule has 1 aliphatic rings. The van der Waals surface area contributed by atoms with Crippen molar-refractivity contribution in [3.63, 3.8) is 0 Å². The Balaban J connectivity index is 2.14. The number of carbonyl (C=O) groups is 1. The molecule has 0 aliphatic carbocycles. The molecule has 1 aliphatic heterocycles. The molecule has 0 bridgehead atoms. The van der Waals surface area contributed by atoms with Gasteiger partial charge in [-0.05, 0) is 48.9 Å². The van der Waals surface area contributed by atoms with Gasteiger partial charge in [0.25, 0.3) is 0 Å². The molecule has 0 spiro atoms. The minimum absolute atomic E-state index is 0.113. The van der Waals surface area contributed by atoms with Crippen LogP contribution in [0.15, 0.2) is 24.3 Å². The molecule has 3 heteroatoms. The molecule has 1 fully saturated rings. The first-order valence-electron chi connectivity index (χ1n) is 7.13. The number of aliphatic carboxylic acids is 1. The summed E-state index contributed by atoms with van der Waals surface area (Å²) < 4.78 is 0. The second-order valence-corrected chi connectivity index (χ2v) is 5.75. The summed E-state index contributed by atoms with van der Waals surface area (Å²) in [7, 11) is 0. The zero-order chi connectivity index (χ0) is 13.8. The molecule has 1 heterocycles. The summed E-state index contributed by atoms with van der Waals surface area (Å²) in [6.07, 6.45) is 2.35. The molecule has 0 amide bonds. The first-order valence-corrected chi connectivity index (χ1v) is 7.13. The van der Waals surface area contributed by atoms with Crippen molar-refractivity contribution in [3.05, 3.63) is 35.4 Å². The fourth-order valence-corrected chi connectivity index (χ4v) is 2.94. The van der Waals surface area contributed by atoms with Crippen LogP contribution < -0.4 is 5.32 Å². The zero-order valence-corrected chi connectivity index (χ0v) is 11.7. The second kappa shape index (κ2) is 6.20. The summed E-state index contributed by atoms with van der Waals surface area (Å²) >= 11 is 0. The Labute approximate surface area is 115 Å². The highest BCUT2D eigenvalue weighted by molar-refractivity contribution is 5.76. The van der Waals surface area contributed by atoms with Crippen molar-refractivity contribution in [2.75, 3.05) is 13.1 Å². The second-order valence-electron chi connectivity index (χ2n) is 5.75. The van der Waals surface area contributed by atoms with Crippen molar-refractivity contribution < 1.29 is 9.90 Å². The van der Waals surface area contributed by atoms with Gasteiger partial charge in [0.15, 0.2) is 0 Å². The summed E-state index contributed by atoms with van der Waals surface area (Å²) in [6.45, 7) is 6.07. The van der Waals surface area contributed by atoms with Crippen molar-refractivity contribution in [2.45, 2.75) is 38.5 Å². The van der Waals surface area contributed by atoms with Crippen LogP contribution in [0, 0.1) is 5.92 Å². The summed E-state index contributed by atoms with van der Waals surface area (Å²) in [5, 5.41) is 12.7. The van der Waals surface area contributed by atoms with E-state index < -0.39 is 11.9 Å². The van der Waals surface area contributed by atoms with Gasteiger partial charge in [-0.1, -0.05) is 38.1 Å². The maximum absolute atomic E-state index is 11.3. The van der Waals surface area contributed by atoms with E-state index in [1.54, 1.807) is 0 Å². The molecule has 1 aromatic carbocycles. The van der Waals surface area contributed by atoms with Gasteiger partial charge in [0.1, 0.15) is 0 Å². The van der Waals surface area contributed by atoms with E-state index >= 15 is 0 Å². The highest BCUT2D eigenvalue weighted by Gasteiger charge is 2.24. The molecule has 0 aromatic heterocycles. The van der Waals surface area contributed by atoms with Crippen molar-refractivity contribution in [1.82, 2.24) is 5.32 Å². The molecule has 2 rings (SSSR count). The van der Waals surface area contributed by atoms with Crippen LogP contribution in [-0.2, 0) is 4.79 Å². The quantitative estimate of drug-likeness (QED) is 0.876. The third-order valence-electron chi connectivity index (χ3n) is 4.04. The Hall–Kier alpha value is -1.35. The van der Waals surface area contributed by atoms with Gasteiger partial charge in [0.2, 0.25) is 0 Å². The fraction of sp³-hybridized carbons (Fsp3) is 0.562. The molecule has 0 radical (unpaired) electrons. The number of hydrogen-bond acceptors (Lipinski definition) is 2. The van der Waals surface area contributed by atoms with E-state index in [2.05, 4.69) is 17.4 Å². The summed E-state index contributed by atoms with van der Waals surface area (Å²) in [5.74, 6) is -0.397. The Bertz CT molecular complexity index is 419. The maximum atomic E-state index is 11.3. The highest BCUT2D eigenvalue weighted by Crippen LogP contribution is 2.29. The summed E-state index contributed by atoms with van der Waals surface area (Å²) in [5.41, 5.74) is 2.26. The van der Waals surface area contributed by atoms with Gasteiger partial charge in [0.05, 0.1) is 5.92 Å². The van der Waals surface area contributed by atoms with E-state index in [9.17, 15) is 9.90 Å². The topological polar surface area (TPSA) is 49.3 Å². The normalized spacial score (nSPS) is 18.5. The van der Waals surface area contributed by atoms with Crippen LogP contribution in [0.2, 0.25) is 0 Å². The number of carboxylic acids is 1. The molecule has 19 heavy (non-hydrogen) atoms. The largest absolute Gasteiger partial charge is 0.481 e. The summed E-state index contributed by atoms with van der Waals surface area (Å²) in [4.78, 5) is 11.3. The van der Waals surface area contributed by atoms with Crippen LogP contribution in [0.25, 0.3) is 0 Å². The SMILES string of the molecule is CC(C)C(C(=O)O)c1ccc(C2CCNCC2)cc1. The predicted octanol–water partition coefficient (Wildman–Crippen LogP) is 2.98. The molecule has 0 saturated carbocycles. The zero-order valence-electron chi connectivity index (χ0n) is 11.7. The van der Waals surface area contributed by atoms with E-state index in [1.807, 2.05) is 26.0 Å². The molecule has 2 N–H and O–H groups in total. The lowest BCUT2D eigenvalue weighted by molar-refractivity contribution is -0.139. The molecular weight excluding hydrogens is 238 g/mol. The summed E-state index contributed by atoms with van der Waals surface area (Å²) in [6, 6.07) is 8.22. The Morgan fingerprint density at radius 2 is 1.79 bits per heavy atom. The van der Waals surface area contributed by atoms with Gasteiger partial charge >= 0.3 is 5.97 Å². The van der Waals surface area contributed by atoms with Gasteiger partial charge in [-0.25, -0.2) is 0 Å². The number of nitrogens with one attached hydrogen (secondary N) is 1. The smallest absolute Gasteiger partial charge is 0.311 e. The van der Waals surface area contributed by atoms with Gasteiger partial charge in [-0.3, -0.25) is 4.79 Å². The number of carboxylic acid groups (broad SMARTS) is 1. The molecule has 1 atom stereocenters. The third-order valence-corrected chi connectivity index (χ3v) is 4.04. The monoisotopic (exact) mass is 261 g/mol. The molecule has 104 valence electrons. The van der Waals surface area contributed by atoms with E-state index in [0.29, 0.717) is 5.92 Å². The van der Waals surface area contributed by atoms with Crippen LogP contribution in [0.1, 0.15) is 49.7 Å². The van der Waals surface area contributed by atoms with E-state index in [4.69, 9.17) is 0 Å². The fourth-order valence-electron chi connectivity index (χ4n) is 2.94. The average Bonchev–Trinajstić information content (AvgIpc) is 2.40. The van der Waals surface area contributed by atoms with Crippen molar-refractivity contribution in [2.24, 2.45) is 5.92 Å². The van der Waals surface area contributed by atoms with Gasteiger partial charge < -0.3 is 10.4 Å². The Morgan fingerprint density at radius 3 is 2.26 bits per heavy atom. The van der Waals surface area contributed by atoms with Crippen molar-refractivity contribution in [1.29, 1.82) is 0 Å². The highest BCUT2D eigenvalue weighted by atomic mass is 16.4. The van der Waals surface area contributed by atoms with Crippen molar-refractivity contribution in [3.8, 4) is 0 Å².